The van der Waals surface area contributed by atoms with Gasteiger partial charge in [-0.25, -0.2) is 12.7 Å². The van der Waals surface area contributed by atoms with Crippen LogP contribution in [-0.4, -0.2) is 49.4 Å². The van der Waals surface area contributed by atoms with E-state index in [2.05, 4.69) is 10.6 Å². The summed E-state index contributed by atoms with van der Waals surface area (Å²) in [5, 5.41) is 5.82. The largest absolute Gasteiger partial charge is 0.350 e. The Labute approximate surface area is 203 Å². The number of hydrogen-bond donors (Lipinski definition) is 2. The lowest BCUT2D eigenvalue weighted by molar-refractivity contribution is -0.120. The fourth-order valence-corrected chi connectivity index (χ4v) is 5.59. The SMILES string of the molecule is CCC(C)NC(=O)c1ccccc1NC(=O)C1CCN(S(=O)(=O)CCCc2ccccc2)CC1. The molecule has 1 atom stereocenters. The standard InChI is InChI=1S/C26H35N3O4S/c1-3-20(2)27-26(31)23-13-7-8-14-24(23)28-25(30)22-15-17-29(18-16-22)34(32,33)19-9-12-21-10-5-4-6-11-21/h4-8,10-11,13-14,20,22H,3,9,12,15-19H2,1-2H3,(H,27,31)(H,28,30). The summed E-state index contributed by atoms with van der Waals surface area (Å²) in [5.74, 6) is -0.578. The zero-order chi connectivity index (χ0) is 24.6. The Kier molecular flexibility index (Phi) is 9.24. The summed E-state index contributed by atoms with van der Waals surface area (Å²) in [6.45, 7) is 4.60. The summed E-state index contributed by atoms with van der Waals surface area (Å²) < 4.78 is 27.0. The molecule has 1 unspecified atom stereocenters. The third kappa shape index (κ3) is 7.14. The van der Waals surface area contributed by atoms with Crippen molar-refractivity contribution in [2.75, 3.05) is 24.2 Å². The van der Waals surface area contributed by atoms with Crippen molar-refractivity contribution in [3.05, 3.63) is 65.7 Å². The van der Waals surface area contributed by atoms with Gasteiger partial charge in [0.05, 0.1) is 17.0 Å². The minimum atomic E-state index is -3.34. The number of amides is 2. The molecule has 3 rings (SSSR count). The van der Waals surface area contributed by atoms with Crippen LogP contribution < -0.4 is 10.6 Å². The summed E-state index contributed by atoms with van der Waals surface area (Å²) in [5.41, 5.74) is 2.03. The molecular weight excluding hydrogens is 450 g/mol. The van der Waals surface area contributed by atoms with Crippen molar-refractivity contribution in [1.29, 1.82) is 0 Å². The van der Waals surface area contributed by atoms with E-state index in [4.69, 9.17) is 0 Å². The van der Waals surface area contributed by atoms with Crippen LogP contribution in [0.1, 0.15) is 55.5 Å². The number of piperidine rings is 1. The fraction of sp³-hybridized carbons (Fsp3) is 0.462. The van der Waals surface area contributed by atoms with Gasteiger partial charge in [-0.15, -0.1) is 0 Å². The van der Waals surface area contributed by atoms with Crippen LogP contribution in [0.15, 0.2) is 54.6 Å². The zero-order valence-corrected chi connectivity index (χ0v) is 20.8. The van der Waals surface area contributed by atoms with Gasteiger partial charge >= 0.3 is 0 Å². The van der Waals surface area contributed by atoms with Crippen molar-refractivity contribution in [1.82, 2.24) is 9.62 Å². The van der Waals surface area contributed by atoms with Gasteiger partial charge in [-0.2, -0.15) is 0 Å². The molecule has 2 N–H and O–H groups in total. The predicted molar refractivity (Wildman–Crippen MR) is 135 cm³/mol. The van der Waals surface area contributed by atoms with Gasteiger partial charge in [0, 0.05) is 25.0 Å². The molecule has 0 aromatic heterocycles. The molecule has 184 valence electrons. The van der Waals surface area contributed by atoms with Crippen molar-refractivity contribution >= 4 is 27.5 Å². The zero-order valence-electron chi connectivity index (χ0n) is 20.0. The van der Waals surface area contributed by atoms with Crippen LogP contribution in [0.3, 0.4) is 0 Å². The molecule has 2 aromatic rings. The first-order valence-electron chi connectivity index (χ1n) is 12.0. The molecule has 7 nitrogen and oxygen atoms in total. The smallest absolute Gasteiger partial charge is 0.253 e. The number of anilines is 1. The van der Waals surface area contributed by atoms with Gasteiger partial charge < -0.3 is 10.6 Å². The number of nitrogens with zero attached hydrogens (tertiary/aromatic N) is 1. The van der Waals surface area contributed by atoms with E-state index in [1.165, 1.54) is 4.31 Å². The van der Waals surface area contributed by atoms with Crippen LogP contribution in [0.25, 0.3) is 0 Å². The van der Waals surface area contributed by atoms with Gasteiger partial charge in [0.2, 0.25) is 15.9 Å². The molecule has 34 heavy (non-hydrogen) atoms. The van der Waals surface area contributed by atoms with Crippen molar-refractivity contribution in [3.63, 3.8) is 0 Å². The Hall–Kier alpha value is -2.71. The topological polar surface area (TPSA) is 95.6 Å². The molecule has 0 spiro atoms. The maximum absolute atomic E-state index is 12.9. The van der Waals surface area contributed by atoms with E-state index in [9.17, 15) is 18.0 Å². The first kappa shape index (κ1) is 25.9. The molecule has 1 saturated heterocycles. The molecule has 0 aliphatic carbocycles. The highest BCUT2D eigenvalue weighted by molar-refractivity contribution is 7.89. The van der Waals surface area contributed by atoms with E-state index in [1.807, 2.05) is 44.2 Å². The maximum Gasteiger partial charge on any atom is 0.253 e. The van der Waals surface area contributed by atoms with Gasteiger partial charge in [0.1, 0.15) is 0 Å². The first-order valence-corrected chi connectivity index (χ1v) is 13.6. The highest BCUT2D eigenvalue weighted by Crippen LogP contribution is 2.23. The predicted octanol–water partition coefficient (Wildman–Crippen LogP) is 3.83. The van der Waals surface area contributed by atoms with Gasteiger partial charge in [-0.3, -0.25) is 9.59 Å². The van der Waals surface area contributed by atoms with Crippen LogP contribution in [0, 0.1) is 5.92 Å². The molecule has 2 aromatic carbocycles. The third-order valence-corrected chi connectivity index (χ3v) is 8.30. The lowest BCUT2D eigenvalue weighted by Crippen LogP contribution is -2.42. The van der Waals surface area contributed by atoms with E-state index < -0.39 is 10.0 Å². The molecule has 1 fully saturated rings. The lowest BCUT2D eigenvalue weighted by atomic mass is 9.97. The van der Waals surface area contributed by atoms with Gasteiger partial charge in [0.25, 0.3) is 5.91 Å². The van der Waals surface area contributed by atoms with Crippen molar-refractivity contribution in [2.24, 2.45) is 5.92 Å². The Morgan fingerprint density at radius 1 is 1.03 bits per heavy atom. The monoisotopic (exact) mass is 485 g/mol. The second-order valence-electron chi connectivity index (χ2n) is 8.90. The Morgan fingerprint density at radius 2 is 1.68 bits per heavy atom. The Morgan fingerprint density at radius 3 is 2.35 bits per heavy atom. The van der Waals surface area contributed by atoms with Crippen LogP contribution in [0.4, 0.5) is 5.69 Å². The van der Waals surface area contributed by atoms with Gasteiger partial charge in [-0.05, 0) is 56.7 Å². The van der Waals surface area contributed by atoms with E-state index in [0.29, 0.717) is 43.6 Å². The van der Waals surface area contributed by atoms with E-state index >= 15 is 0 Å². The highest BCUT2D eigenvalue weighted by atomic mass is 32.2. The first-order chi connectivity index (χ1) is 16.3. The lowest BCUT2D eigenvalue weighted by Gasteiger charge is -2.30. The number of carbonyl (C=O) groups is 2. The quantitative estimate of drug-likeness (QED) is 0.535. The van der Waals surface area contributed by atoms with Crippen molar-refractivity contribution in [3.8, 4) is 0 Å². The van der Waals surface area contributed by atoms with Crippen LogP contribution >= 0.6 is 0 Å². The summed E-state index contributed by atoms with van der Waals surface area (Å²) in [6, 6.07) is 16.9. The van der Waals surface area contributed by atoms with E-state index in [-0.39, 0.29) is 29.5 Å². The van der Waals surface area contributed by atoms with E-state index in [0.717, 1.165) is 18.4 Å². The summed E-state index contributed by atoms with van der Waals surface area (Å²) in [7, 11) is -3.34. The number of rotatable bonds is 10. The molecular formula is C26H35N3O4S. The number of nitrogens with one attached hydrogen (secondary N) is 2. The third-order valence-electron chi connectivity index (χ3n) is 6.35. The summed E-state index contributed by atoms with van der Waals surface area (Å²) in [6.07, 6.45) is 3.04. The van der Waals surface area contributed by atoms with Crippen LogP contribution in [0.5, 0.6) is 0 Å². The molecule has 0 radical (unpaired) electrons. The molecule has 8 heteroatoms. The molecule has 0 bridgehead atoms. The number of benzene rings is 2. The van der Waals surface area contributed by atoms with Crippen LogP contribution in [-0.2, 0) is 21.2 Å². The number of para-hydroxylation sites is 1. The summed E-state index contributed by atoms with van der Waals surface area (Å²) in [4.78, 5) is 25.5. The Bertz CT molecular complexity index is 1060. The Balaban J connectivity index is 1.51. The van der Waals surface area contributed by atoms with Crippen LogP contribution in [0.2, 0.25) is 0 Å². The number of sulfonamides is 1. The number of aryl methyl sites for hydroxylation is 1. The molecule has 1 aliphatic rings. The molecule has 2 amide bonds. The number of carbonyl (C=O) groups excluding carboxylic acids is 2. The maximum atomic E-state index is 12.9. The minimum absolute atomic E-state index is 0.0372. The fourth-order valence-electron chi connectivity index (χ4n) is 4.06. The number of hydrogen-bond acceptors (Lipinski definition) is 4. The van der Waals surface area contributed by atoms with Gasteiger partial charge in [-0.1, -0.05) is 49.4 Å². The van der Waals surface area contributed by atoms with Crippen molar-refractivity contribution < 1.29 is 18.0 Å². The average Bonchev–Trinajstić information content (AvgIpc) is 2.85. The summed E-state index contributed by atoms with van der Waals surface area (Å²) >= 11 is 0. The second kappa shape index (κ2) is 12.1. The van der Waals surface area contributed by atoms with Crippen molar-refractivity contribution in [2.45, 2.75) is 52.0 Å². The highest BCUT2D eigenvalue weighted by Gasteiger charge is 2.31. The average molecular weight is 486 g/mol. The second-order valence-corrected chi connectivity index (χ2v) is 11.0. The molecule has 0 saturated carbocycles. The van der Waals surface area contributed by atoms with E-state index in [1.54, 1.807) is 24.3 Å². The minimum Gasteiger partial charge on any atom is -0.350 e. The van der Waals surface area contributed by atoms with Gasteiger partial charge in [0.15, 0.2) is 0 Å². The normalized spacial score (nSPS) is 16.1. The molecule has 1 aliphatic heterocycles. The molecule has 1 heterocycles.